The first-order valence-corrected chi connectivity index (χ1v) is 6.58. The molecule has 1 aliphatic rings. The van der Waals surface area contributed by atoms with Gasteiger partial charge in [-0.05, 0) is 6.08 Å². The summed E-state index contributed by atoms with van der Waals surface area (Å²) in [4.78, 5) is 35.6. The minimum atomic E-state index is -2.02. The minimum absolute atomic E-state index is 0.669. The lowest BCUT2D eigenvalue weighted by Gasteiger charge is -2.18. The topological polar surface area (TPSA) is 131 Å². The van der Waals surface area contributed by atoms with Crippen LogP contribution >= 0.6 is 0 Å². The number of nitrogens with one attached hydrogen (secondary N) is 1. The molecule has 1 unspecified atom stereocenters. The summed E-state index contributed by atoms with van der Waals surface area (Å²) in [6.07, 6.45) is -5.32. The summed E-state index contributed by atoms with van der Waals surface area (Å²) >= 11 is 0. The number of nitrogens with zero attached hydrogens (tertiary/aromatic N) is 1. The van der Waals surface area contributed by atoms with Crippen LogP contribution in [-0.4, -0.2) is 57.3 Å². The highest BCUT2D eigenvalue weighted by molar-refractivity contribution is 5.81. The van der Waals surface area contributed by atoms with E-state index >= 15 is 0 Å². The number of aliphatic hydroxyl groups excluding tert-OH is 2. The summed E-state index contributed by atoms with van der Waals surface area (Å²) in [5.41, 5.74) is -1.59. The van der Waals surface area contributed by atoms with E-state index < -0.39 is 47.9 Å². The standard InChI is InChI=1S/C13H15FN2O7/c1-22-8(19)3-2-6(17)11-10(20)9(14)12(23-11)16-5-4-7(18)15-13(16)21/h2-6,9-12,17,20H,1H3,(H,15,18,21)/b3-2+/t6?,9-,10-,11+,12+/m1/s1. The number of hydrogen-bond acceptors (Lipinski definition) is 7. The fourth-order valence-electron chi connectivity index (χ4n) is 2.15. The number of esters is 1. The van der Waals surface area contributed by atoms with Gasteiger partial charge in [0.2, 0.25) is 0 Å². The van der Waals surface area contributed by atoms with E-state index in [1.165, 1.54) is 0 Å². The van der Waals surface area contributed by atoms with Gasteiger partial charge in [-0.15, -0.1) is 0 Å². The van der Waals surface area contributed by atoms with E-state index in [-0.39, 0.29) is 0 Å². The SMILES string of the molecule is COC(=O)/C=C/C(O)[C@@H]1O[C@H](n2ccc(=O)[nH]c2=O)[C@H](F)[C@H]1O. The maximum atomic E-state index is 14.2. The molecular formula is C13H15FN2O7. The summed E-state index contributed by atoms with van der Waals surface area (Å²) in [5.74, 6) is -0.748. The van der Waals surface area contributed by atoms with Crippen molar-refractivity contribution in [3.63, 3.8) is 0 Å². The van der Waals surface area contributed by atoms with Gasteiger partial charge >= 0.3 is 11.7 Å². The second-order valence-electron chi connectivity index (χ2n) is 4.82. The number of hydrogen-bond donors (Lipinski definition) is 3. The monoisotopic (exact) mass is 330 g/mol. The Morgan fingerprint density at radius 1 is 1.57 bits per heavy atom. The Bertz CT molecular complexity index is 713. The van der Waals surface area contributed by atoms with Crippen LogP contribution in [0.1, 0.15) is 6.23 Å². The van der Waals surface area contributed by atoms with Gasteiger partial charge in [-0.25, -0.2) is 14.0 Å². The number of aromatic nitrogens is 2. The number of aromatic amines is 1. The van der Waals surface area contributed by atoms with Crippen molar-refractivity contribution in [1.82, 2.24) is 9.55 Å². The summed E-state index contributed by atoms with van der Waals surface area (Å²) < 4.78 is 24.4. The predicted molar refractivity (Wildman–Crippen MR) is 73.3 cm³/mol. The Hall–Kier alpha value is -2.30. The molecule has 0 bridgehead atoms. The van der Waals surface area contributed by atoms with E-state index in [0.717, 1.165) is 36.1 Å². The summed E-state index contributed by atoms with van der Waals surface area (Å²) in [5, 5.41) is 19.7. The third kappa shape index (κ3) is 3.55. The zero-order valence-electron chi connectivity index (χ0n) is 12.0. The molecule has 0 radical (unpaired) electrons. The highest BCUT2D eigenvalue weighted by Crippen LogP contribution is 2.32. The molecular weight excluding hydrogens is 315 g/mol. The van der Waals surface area contributed by atoms with E-state index in [0.29, 0.717) is 0 Å². The molecule has 126 valence electrons. The number of ether oxygens (including phenoxy) is 2. The van der Waals surface area contributed by atoms with Crippen LogP contribution in [0.3, 0.4) is 0 Å². The molecule has 0 amide bonds. The lowest BCUT2D eigenvalue weighted by atomic mass is 10.1. The van der Waals surface area contributed by atoms with Gasteiger partial charge in [-0.2, -0.15) is 0 Å². The van der Waals surface area contributed by atoms with Crippen molar-refractivity contribution in [1.29, 1.82) is 0 Å². The van der Waals surface area contributed by atoms with Crippen LogP contribution < -0.4 is 11.2 Å². The zero-order valence-corrected chi connectivity index (χ0v) is 12.0. The number of aliphatic hydroxyl groups is 2. The number of halogens is 1. The fraction of sp³-hybridized carbons (Fsp3) is 0.462. The average molecular weight is 330 g/mol. The molecule has 0 saturated carbocycles. The number of carbonyl (C=O) groups excluding carboxylic acids is 1. The molecule has 0 spiro atoms. The lowest BCUT2D eigenvalue weighted by molar-refractivity contribution is -0.135. The Morgan fingerprint density at radius 2 is 2.26 bits per heavy atom. The van der Waals surface area contributed by atoms with Crippen LogP contribution in [0.5, 0.6) is 0 Å². The smallest absolute Gasteiger partial charge is 0.330 e. The van der Waals surface area contributed by atoms with Crippen molar-refractivity contribution in [3.8, 4) is 0 Å². The third-order valence-corrected chi connectivity index (χ3v) is 3.32. The Balaban J connectivity index is 2.21. The van der Waals surface area contributed by atoms with E-state index in [9.17, 15) is 29.0 Å². The normalized spacial score (nSPS) is 28.9. The van der Waals surface area contributed by atoms with E-state index in [1.807, 2.05) is 4.98 Å². The Morgan fingerprint density at radius 3 is 2.87 bits per heavy atom. The molecule has 1 fully saturated rings. The first-order valence-electron chi connectivity index (χ1n) is 6.58. The third-order valence-electron chi connectivity index (χ3n) is 3.32. The molecule has 5 atom stereocenters. The number of methoxy groups -OCH3 is 1. The van der Waals surface area contributed by atoms with Crippen molar-refractivity contribution in [2.75, 3.05) is 7.11 Å². The lowest BCUT2D eigenvalue weighted by Crippen LogP contribution is -2.37. The molecule has 10 heteroatoms. The number of H-pyrrole nitrogens is 1. The van der Waals surface area contributed by atoms with Crippen LogP contribution in [0, 0.1) is 0 Å². The molecule has 1 saturated heterocycles. The molecule has 0 aromatic carbocycles. The predicted octanol–water partition coefficient (Wildman–Crippen LogP) is -1.78. The second kappa shape index (κ2) is 6.86. The first kappa shape index (κ1) is 17.1. The Labute approximate surface area is 128 Å². The number of carbonyl (C=O) groups is 1. The minimum Gasteiger partial charge on any atom is -0.466 e. The molecule has 1 aromatic rings. The van der Waals surface area contributed by atoms with Crippen molar-refractivity contribution < 1.29 is 28.9 Å². The molecule has 1 aromatic heterocycles. The van der Waals surface area contributed by atoms with Gasteiger partial charge in [0.1, 0.15) is 18.3 Å². The van der Waals surface area contributed by atoms with Crippen LogP contribution in [0.4, 0.5) is 4.39 Å². The van der Waals surface area contributed by atoms with Crippen LogP contribution in [0.25, 0.3) is 0 Å². The van der Waals surface area contributed by atoms with Gasteiger partial charge in [-0.3, -0.25) is 14.3 Å². The van der Waals surface area contributed by atoms with Crippen molar-refractivity contribution in [2.24, 2.45) is 0 Å². The van der Waals surface area contributed by atoms with Crippen LogP contribution in [-0.2, 0) is 14.3 Å². The van der Waals surface area contributed by atoms with Gasteiger partial charge in [0.25, 0.3) is 5.56 Å². The van der Waals surface area contributed by atoms with Gasteiger partial charge in [0.15, 0.2) is 12.4 Å². The zero-order chi connectivity index (χ0) is 17.1. The second-order valence-corrected chi connectivity index (χ2v) is 4.82. The van der Waals surface area contributed by atoms with Crippen LogP contribution in [0.2, 0.25) is 0 Å². The van der Waals surface area contributed by atoms with Crippen molar-refractivity contribution >= 4 is 5.97 Å². The number of alkyl halides is 1. The molecule has 3 N–H and O–H groups in total. The fourth-order valence-corrected chi connectivity index (χ4v) is 2.15. The maximum Gasteiger partial charge on any atom is 0.330 e. The number of rotatable bonds is 4. The molecule has 1 aliphatic heterocycles. The summed E-state index contributed by atoms with van der Waals surface area (Å²) in [6, 6.07) is 0.991. The van der Waals surface area contributed by atoms with E-state index in [1.54, 1.807) is 0 Å². The molecule has 23 heavy (non-hydrogen) atoms. The average Bonchev–Trinajstić information content (AvgIpc) is 2.81. The van der Waals surface area contributed by atoms with Gasteiger partial charge in [-0.1, -0.05) is 0 Å². The first-order chi connectivity index (χ1) is 10.8. The van der Waals surface area contributed by atoms with Crippen molar-refractivity contribution in [3.05, 3.63) is 45.3 Å². The van der Waals surface area contributed by atoms with Crippen LogP contribution in [0.15, 0.2) is 34.0 Å². The van der Waals surface area contributed by atoms with Crippen molar-refractivity contribution in [2.45, 2.75) is 30.7 Å². The molecule has 2 heterocycles. The summed E-state index contributed by atoms with van der Waals surface area (Å²) in [6.45, 7) is 0. The Kier molecular flexibility index (Phi) is 5.08. The molecule has 9 nitrogen and oxygen atoms in total. The highest BCUT2D eigenvalue weighted by Gasteiger charge is 2.47. The molecule has 0 aliphatic carbocycles. The molecule has 2 rings (SSSR count). The van der Waals surface area contributed by atoms with Gasteiger partial charge in [0, 0.05) is 18.3 Å². The maximum absolute atomic E-state index is 14.2. The van der Waals surface area contributed by atoms with Gasteiger partial charge in [0.05, 0.1) is 7.11 Å². The van der Waals surface area contributed by atoms with E-state index in [4.69, 9.17) is 4.74 Å². The van der Waals surface area contributed by atoms with E-state index in [2.05, 4.69) is 4.74 Å². The summed E-state index contributed by atoms with van der Waals surface area (Å²) in [7, 11) is 1.14. The van der Waals surface area contributed by atoms with Gasteiger partial charge < -0.3 is 19.7 Å². The largest absolute Gasteiger partial charge is 0.466 e. The quantitative estimate of drug-likeness (QED) is 0.439. The highest BCUT2D eigenvalue weighted by atomic mass is 19.1.